The van der Waals surface area contributed by atoms with E-state index in [0.29, 0.717) is 5.69 Å². The lowest BCUT2D eigenvalue weighted by Gasteiger charge is -1.98. The van der Waals surface area contributed by atoms with Crippen molar-refractivity contribution >= 4 is 5.97 Å². The van der Waals surface area contributed by atoms with Crippen LogP contribution in [0.3, 0.4) is 0 Å². The Hall–Kier alpha value is -1.56. The minimum Gasteiger partial charge on any atom is -0.477 e. The molecule has 6 nitrogen and oxygen atoms in total. The fourth-order valence-corrected chi connectivity index (χ4v) is 0.833. The molecule has 0 spiro atoms. The predicted molar refractivity (Wildman–Crippen MR) is 39.4 cm³/mol. The molecule has 0 aliphatic heterocycles. The van der Waals surface area contributed by atoms with Crippen molar-refractivity contribution in [2.75, 3.05) is 0 Å². The van der Waals surface area contributed by atoms with Gasteiger partial charge in [0.25, 0.3) is 0 Å². The molecule has 0 saturated heterocycles. The topological polar surface area (TPSA) is 114 Å². The Balaban J connectivity index is 2.64. The Morgan fingerprint density at radius 3 is 2.83 bits per heavy atom. The lowest BCUT2D eigenvalue weighted by molar-refractivity contribution is -0.407. The van der Waals surface area contributed by atoms with Gasteiger partial charge in [0, 0.05) is 11.9 Å². The third kappa shape index (κ3) is 1.96. The first kappa shape index (κ1) is 8.54. The average Bonchev–Trinajstić information content (AvgIpc) is 2.35. The molecule has 6 heteroatoms. The molecule has 0 fully saturated rings. The molecule has 0 bridgehead atoms. The van der Waals surface area contributed by atoms with Crippen molar-refractivity contribution in [2.24, 2.45) is 0 Å². The highest BCUT2D eigenvalue weighted by Crippen LogP contribution is 1.92. The van der Waals surface area contributed by atoms with Crippen molar-refractivity contribution in [2.45, 2.75) is 12.5 Å². The van der Waals surface area contributed by atoms with Crippen LogP contribution in [0.15, 0.2) is 11.0 Å². The zero-order valence-corrected chi connectivity index (χ0v) is 6.33. The number of aromatic amines is 2. The molecule has 12 heavy (non-hydrogen) atoms. The lowest BCUT2D eigenvalue weighted by atomic mass is 10.2. The predicted octanol–water partition coefficient (Wildman–Crippen LogP) is -2.06. The average molecular weight is 172 g/mol. The number of quaternary nitrogens is 1. The standard InChI is InChI=1S/C6H9N3O3/c7-4(5(10)11)1-3-2-8-6(12)9-3/h2,4H,1,7H2,(H,10,11)(H2,8,9,12)/p+1/t4-/m0/s1. The second-order valence-corrected chi connectivity index (χ2v) is 2.51. The fraction of sp³-hybridized carbons (Fsp3) is 0.333. The summed E-state index contributed by atoms with van der Waals surface area (Å²) in [4.78, 5) is 25.7. The summed E-state index contributed by atoms with van der Waals surface area (Å²) in [6, 6.07) is -0.726. The van der Waals surface area contributed by atoms with E-state index in [1.807, 2.05) is 0 Å². The third-order valence-electron chi connectivity index (χ3n) is 1.47. The van der Waals surface area contributed by atoms with Gasteiger partial charge in [0.1, 0.15) is 0 Å². The van der Waals surface area contributed by atoms with E-state index >= 15 is 0 Å². The molecule has 1 heterocycles. The van der Waals surface area contributed by atoms with Gasteiger partial charge in [-0.25, -0.2) is 9.59 Å². The van der Waals surface area contributed by atoms with E-state index < -0.39 is 12.0 Å². The maximum atomic E-state index is 10.6. The Morgan fingerprint density at radius 1 is 1.75 bits per heavy atom. The molecule has 6 N–H and O–H groups in total. The van der Waals surface area contributed by atoms with Gasteiger partial charge < -0.3 is 20.8 Å². The van der Waals surface area contributed by atoms with E-state index in [9.17, 15) is 9.59 Å². The number of hydrogen-bond acceptors (Lipinski definition) is 2. The zero-order chi connectivity index (χ0) is 9.14. The molecular formula is C6H10N3O3+. The van der Waals surface area contributed by atoms with Gasteiger partial charge in [0.2, 0.25) is 0 Å². The van der Waals surface area contributed by atoms with Crippen LogP contribution < -0.4 is 11.4 Å². The Kier molecular flexibility index (Phi) is 2.29. The van der Waals surface area contributed by atoms with Crippen molar-refractivity contribution in [3.8, 4) is 0 Å². The first-order chi connectivity index (χ1) is 5.59. The van der Waals surface area contributed by atoms with Gasteiger partial charge in [-0.05, 0) is 0 Å². The Bertz CT molecular complexity index is 327. The lowest BCUT2D eigenvalue weighted by Crippen LogP contribution is -2.66. The summed E-state index contributed by atoms with van der Waals surface area (Å²) in [6.07, 6.45) is 1.68. The molecule has 0 unspecified atom stereocenters. The Morgan fingerprint density at radius 2 is 2.42 bits per heavy atom. The molecule has 1 aromatic heterocycles. The molecule has 1 atom stereocenters. The number of carboxylic acid groups (broad SMARTS) is 1. The minimum atomic E-state index is -0.975. The molecule has 0 aliphatic carbocycles. The molecule has 0 aliphatic rings. The van der Waals surface area contributed by atoms with Crippen molar-refractivity contribution < 1.29 is 15.6 Å². The summed E-state index contributed by atoms with van der Waals surface area (Å²) in [6.45, 7) is 0. The smallest absolute Gasteiger partial charge is 0.362 e. The van der Waals surface area contributed by atoms with E-state index in [4.69, 9.17) is 5.11 Å². The van der Waals surface area contributed by atoms with Gasteiger partial charge >= 0.3 is 11.7 Å². The fourth-order valence-electron chi connectivity index (χ4n) is 0.833. The van der Waals surface area contributed by atoms with Gasteiger partial charge in [0.05, 0.1) is 6.42 Å². The largest absolute Gasteiger partial charge is 0.477 e. The number of rotatable bonds is 3. The van der Waals surface area contributed by atoms with Crippen LogP contribution in [-0.2, 0) is 11.2 Å². The van der Waals surface area contributed by atoms with E-state index in [1.54, 1.807) is 0 Å². The number of H-pyrrole nitrogens is 2. The van der Waals surface area contributed by atoms with Crippen LogP contribution in [0, 0.1) is 0 Å². The van der Waals surface area contributed by atoms with Crippen LogP contribution >= 0.6 is 0 Å². The first-order valence-corrected chi connectivity index (χ1v) is 3.42. The van der Waals surface area contributed by atoms with Crippen LogP contribution in [-0.4, -0.2) is 27.1 Å². The highest BCUT2D eigenvalue weighted by molar-refractivity contribution is 5.71. The summed E-state index contributed by atoms with van der Waals surface area (Å²) in [5.74, 6) is -0.975. The van der Waals surface area contributed by atoms with Crippen molar-refractivity contribution in [1.82, 2.24) is 9.97 Å². The molecule has 0 amide bonds. The van der Waals surface area contributed by atoms with Gasteiger partial charge in [-0.2, -0.15) is 0 Å². The number of carboxylic acids is 1. The summed E-state index contributed by atoms with van der Waals surface area (Å²) in [5.41, 5.74) is 3.63. The molecule has 66 valence electrons. The normalized spacial score (nSPS) is 12.8. The van der Waals surface area contributed by atoms with Crippen LogP contribution in [0.5, 0.6) is 0 Å². The van der Waals surface area contributed by atoms with Crippen LogP contribution in [0.4, 0.5) is 0 Å². The van der Waals surface area contributed by atoms with Gasteiger partial charge in [-0.1, -0.05) is 0 Å². The first-order valence-electron chi connectivity index (χ1n) is 3.42. The number of aliphatic carboxylic acids is 1. The van der Waals surface area contributed by atoms with Gasteiger partial charge in [0.15, 0.2) is 6.04 Å². The maximum absolute atomic E-state index is 10.6. The number of carbonyl (C=O) groups is 1. The molecule has 1 aromatic rings. The summed E-state index contributed by atoms with van der Waals surface area (Å²) >= 11 is 0. The van der Waals surface area contributed by atoms with E-state index in [2.05, 4.69) is 15.7 Å². The van der Waals surface area contributed by atoms with Crippen LogP contribution in [0.25, 0.3) is 0 Å². The highest BCUT2D eigenvalue weighted by atomic mass is 16.4. The van der Waals surface area contributed by atoms with Crippen molar-refractivity contribution in [3.63, 3.8) is 0 Å². The third-order valence-corrected chi connectivity index (χ3v) is 1.47. The van der Waals surface area contributed by atoms with Crippen molar-refractivity contribution in [1.29, 1.82) is 0 Å². The quantitative estimate of drug-likeness (QED) is 0.420. The van der Waals surface area contributed by atoms with E-state index in [-0.39, 0.29) is 12.1 Å². The monoisotopic (exact) mass is 172 g/mol. The number of nitrogens with one attached hydrogen (secondary N) is 2. The van der Waals surface area contributed by atoms with E-state index in [0.717, 1.165) is 0 Å². The molecule has 0 radical (unpaired) electrons. The molecule has 0 saturated carbocycles. The summed E-state index contributed by atoms with van der Waals surface area (Å²) in [5, 5.41) is 8.49. The van der Waals surface area contributed by atoms with E-state index in [1.165, 1.54) is 6.20 Å². The van der Waals surface area contributed by atoms with Gasteiger partial charge in [-0.3, -0.25) is 0 Å². The minimum absolute atomic E-state index is 0.230. The number of aromatic nitrogens is 2. The molecular weight excluding hydrogens is 162 g/mol. The SMILES string of the molecule is [NH3+][C@@H](Cc1c[nH]c(=O)[nH]1)C(=O)O. The number of hydrogen-bond donors (Lipinski definition) is 4. The Labute approximate surface area is 67.4 Å². The molecule has 1 rings (SSSR count). The number of imidazole rings is 1. The maximum Gasteiger partial charge on any atom is 0.362 e. The second kappa shape index (κ2) is 3.22. The van der Waals surface area contributed by atoms with Crippen molar-refractivity contribution in [3.05, 3.63) is 22.4 Å². The zero-order valence-electron chi connectivity index (χ0n) is 6.33. The summed E-state index contributed by atoms with van der Waals surface area (Å²) in [7, 11) is 0. The highest BCUT2D eigenvalue weighted by Gasteiger charge is 2.16. The second-order valence-electron chi connectivity index (χ2n) is 2.51. The van der Waals surface area contributed by atoms with Crippen LogP contribution in [0.1, 0.15) is 5.69 Å². The van der Waals surface area contributed by atoms with Crippen LogP contribution in [0.2, 0.25) is 0 Å². The molecule has 0 aromatic carbocycles. The van der Waals surface area contributed by atoms with Gasteiger partial charge in [-0.15, -0.1) is 0 Å². The summed E-state index contributed by atoms with van der Waals surface area (Å²) < 4.78 is 0.